The van der Waals surface area contributed by atoms with Crippen molar-refractivity contribution < 1.29 is 4.42 Å². The molecule has 0 spiro atoms. The highest BCUT2D eigenvalue weighted by molar-refractivity contribution is 6.24. The summed E-state index contributed by atoms with van der Waals surface area (Å²) in [5, 5.41) is 7.10. The summed E-state index contributed by atoms with van der Waals surface area (Å²) < 4.78 is 6.68. The number of benzene rings is 6. The molecule has 0 radical (unpaired) electrons. The van der Waals surface area contributed by atoms with Gasteiger partial charge in [0.2, 0.25) is 0 Å². The summed E-state index contributed by atoms with van der Waals surface area (Å²) in [6, 6.07) is 36.6. The first kappa shape index (κ1) is 21.2. The van der Waals surface area contributed by atoms with Gasteiger partial charge in [-0.1, -0.05) is 86.6 Å². The molecule has 1 heterocycles. The van der Waals surface area contributed by atoms with Gasteiger partial charge in [-0.3, -0.25) is 0 Å². The largest absolute Gasteiger partial charge is 0.455 e. The van der Waals surface area contributed by atoms with Crippen molar-refractivity contribution in [3.63, 3.8) is 0 Å². The Morgan fingerprint density at radius 2 is 1.32 bits per heavy atom. The summed E-state index contributed by atoms with van der Waals surface area (Å²) in [6.45, 7) is 12.1. The van der Waals surface area contributed by atoms with E-state index in [0.717, 1.165) is 38.6 Å². The predicted molar refractivity (Wildman–Crippen MR) is 158 cm³/mol. The molecule has 1 aliphatic carbocycles. The van der Waals surface area contributed by atoms with Crippen molar-refractivity contribution in [1.82, 2.24) is 0 Å². The normalized spacial score (nSPS) is 13.7. The van der Waals surface area contributed by atoms with E-state index in [4.69, 9.17) is 11.0 Å². The quantitative estimate of drug-likeness (QED) is 0.211. The van der Waals surface area contributed by atoms with Gasteiger partial charge in [0.05, 0.1) is 6.57 Å². The molecule has 0 atom stereocenters. The van der Waals surface area contributed by atoms with Crippen LogP contribution in [0.15, 0.2) is 108 Å². The van der Waals surface area contributed by atoms with Gasteiger partial charge in [-0.2, -0.15) is 0 Å². The van der Waals surface area contributed by atoms with Crippen molar-refractivity contribution in [2.45, 2.75) is 19.3 Å². The fourth-order valence-corrected chi connectivity index (χ4v) is 6.52. The standard InChI is InChI=1S/C36H23NO/c1-36(2)31-14-12-24(18-28(31)29-20-25(37-3)13-15-32(29)36)27-17-23-10-6-7-11-26(23)34-30-16-21-8-4-5-9-22(21)19-33(30)38-35(27)34/h4-20H,1-2H3. The van der Waals surface area contributed by atoms with Gasteiger partial charge in [0.25, 0.3) is 0 Å². The van der Waals surface area contributed by atoms with Crippen LogP contribution in [0.25, 0.3) is 70.6 Å². The molecule has 0 amide bonds. The molecule has 38 heavy (non-hydrogen) atoms. The molecule has 0 fully saturated rings. The molecular weight excluding hydrogens is 462 g/mol. The molecule has 0 aliphatic heterocycles. The van der Waals surface area contributed by atoms with Crippen molar-refractivity contribution in [1.29, 1.82) is 0 Å². The Balaban J connectivity index is 1.46. The smallest absolute Gasteiger partial charge is 0.187 e. The molecule has 1 aromatic heterocycles. The van der Waals surface area contributed by atoms with Crippen LogP contribution in [-0.2, 0) is 5.41 Å². The highest BCUT2D eigenvalue weighted by Gasteiger charge is 2.35. The van der Waals surface area contributed by atoms with Crippen molar-refractivity contribution >= 4 is 49.2 Å². The van der Waals surface area contributed by atoms with Crippen LogP contribution in [0.5, 0.6) is 0 Å². The van der Waals surface area contributed by atoms with Crippen LogP contribution in [0.1, 0.15) is 25.0 Å². The Labute approximate surface area is 220 Å². The first-order valence-electron chi connectivity index (χ1n) is 13.0. The monoisotopic (exact) mass is 485 g/mol. The summed E-state index contributed by atoms with van der Waals surface area (Å²) in [6.07, 6.45) is 0. The Morgan fingerprint density at radius 1 is 0.632 bits per heavy atom. The topological polar surface area (TPSA) is 17.5 Å². The van der Waals surface area contributed by atoms with Crippen molar-refractivity contribution in [2.24, 2.45) is 0 Å². The maximum absolute atomic E-state index is 7.55. The van der Waals surface area contributed by atoms with Crippen LogP contribution >= 0.6 is 0 Å². The van der Waals surface area contributed by atoms with Gasteiger partial charge in [-0.05, 0) is 79.7 Å². The van der Waals surface area contributed by atoms with E-state index in [9.17, 15) is 0 Å². The van der Waals surface area contributed by atoms with Crippen molar-refractivity contribution in [2.75, 3.05) is 0 Å². The van der Waals surface area contributed by atoms with E-state index in [1.807, 2.05) is 12.1 Å². The van der Waals surface area contributed by atoms with E-state index in [0.29, 0.717) is 5.69 Å². The highest BCUT2D eigenvalue weighted by Crippen LogP contribution is 2.51. The van der Waals surface area contributed by atoms with Crippen LogP contribution in [0.2, 0.25) is 0 Å². The number of rotatable bonds is 1. The van der Waals surface area contributed by atoms with Gasteiger partial charge in [0.15, 0.2) is 5.69 Å². The first-order valence-corrected chi connectivity index (χ1v) is 13.0. The van der Waals surface area contributed by atoms with E-state index in [1.54, 1.807) is 0 Å². The lowest BCUT2D eigenvalue weighted by atomic mass is 9.82. The Kier molecular flexibility index (Phi) is 4.10. The summed E-state index contributed by atoms with van der Waals surface area (Å²) in [5.74, 6) is 0. The van der Waals surface area contributed by atoms with Gasteiger partial charge >= 0.3 is 0 Å². The van der Waals surface area contributed by atoms with Crippen LogP contribution in [0.4, 0.5) is 5.69 Å². The lowest BCUT2D eigenvalue weighted by molar-refractivity contribution is 0.660. The molecule has 0 unspecified atom stereocenters. The Morgan fingerprint density at radius 3 is 2.11 bits per heavy atom. The van der Waals surface area contributed by atoms with Crippen molar-refractivity contribution in [3.8, 4) is 22.3 Å². The van der Waals surface area contributed by atoms with E-state index in [1.165, 1.54) is 38.2 Å². The van der Waals surface area contributed by atoms with Gasteiger partial charge in [0, 0.05) is 21.8 Å². The van der Waals surface area contributed by atoms with Crippen molar-refractivity contribution in [3.05, 3.63) is 126 Å². The van der Waals surface area contributed by atoms with Crippen LogP contribution < -0.4 is 0 Å². The Hall–Kier alpha value is -4.87. The molecule has 2 nitrogen and oxygen atoms in total. The number of hydrogen-bond acceptors (Lipinski definition) is 1. The highest BCUT2D eigenvalue weighted by atomic mass is 16.3. The zero-order chi connectivity index (χ0) is 25.6. The molecule has 1 aliphatic rings. The second-order valence-electron chi connectivity index (χ2n) is 10.9. The van der Waals surface area contributed by atoms with Crippen LogP contribution in [0.3, 0.4) is 0 Å². The molecular formula is C36H23NO. The minimum atomic E-state index is -0.109. The summed E-state index contributed by atoms with van der Waals surface area (Å²) in [5.41, 5.74) is 9.55. The van der Waals surface area contributed by atoms with Gasteiger partial charge in [-0.15, -0.1) is 0 Å². The third-order valence-electron chi connectivity index (χ3n) is 8.43. The fourth-order valence-electron chi connectivity index (χ4n) is 6.52. The molecule has 0 saturated carbocycles. The van der Waals surface area contributed by atoms with E-state index >= 15 is 0 Å². The number of fused-ring (bicyclic) bond motifs is 9. The van der Waals surface area contributed by atoms with Crippen LogP contribution in [-0.4, -0.2) is 0 Å². The molecule has 178 valence electrons. The SMILES string of the molecule is [C-]#[N+]c1ccc2c(c1)-c1cc(-c3cc4ccccc4c4c3oc3cc5ccccc5cc34)ccc1C2(C)C. The summed E-state index contributed by atoms with van der Waals surface area (Å²) in [4.78, 5) is 3.71. The van der Waals surface area contributed by atoms with Gasteiger partial charge in [-0.25, -0.2) is 4.85 Å². The fraction of sp³-hybridized carbons (Fsp3) is 0.0833. The number of hydrogen-bond donors (Lipinski definition) is 0. The third-order valence-corrected chi connectivity index (χ3v) is 8.43. The summed E-state index contributed by atoms with van der Waals surface area (Å²) in [7, 11) is 0. The summed E-state index contributed by atoms with van der Waals surface area (Å²) >= 11 is 0. The maximum atomic E-state index is 7.55. The maximum Gasteiger partial charge on any atom is 0.187 e. The molecule has 2 heteroatoms. The molecule has 0 saturated heterocycles. The van der Waals surface area contributed by atoms with Gasteiger partial charge in [0.1, 0.15) is 11.2 Å². The zero-order valence-corrected chi connectivity index (χ0v) is 21.2. The minimum absolute atomic E-state index is 0.109. The van der Waals surface area contributed by atoms with E-state index in [2.05, 4.69) is 110 Å². The first-order chi connectivity index (χ1) is 18.5. The lowest BCUT2D eigenvalue weighted by Crippen LogP contribution is -2.14. The predicted octanol–water partition coefficient (Wildman–Crippen LogP) is 10.4. The molecule has 6 aromatic carbocycles. The Bertz CT molecular complexity index is 2170. The average Bonchev–Trinajstić information content (AvgIpc) is 3.43. The second kappa shape index (κ2) is 7.34. The lowest BCUT2D eigenvalue weighted by Gasteiger charge is -2.21. The van der Waals surface area contributed by atoms with Gasteiger partial charge < -0.3 is 4.42 Å². The molecule has 8 rings (SSSR count). The average molecular weight is 486 g/mol. The molecule has 7 aromatic rings. The second-order valence-corrected chi connectivity index (χ2v) is 10.9. The third kappa shape index (κ3) is 2.76. The zero-order valence-electron chi connectivity index (χ0n) is 21.2. The molecule has 0 N–H and O–H groups in total. The molecule has 0 bridgehead atoms. The van der Waals surface area contributed by atoms with Crippen LogP contribution in [0, 0.1) is 6.57 Å². The van der Waals surface area contributed by atoms with E-state index in [-0.39, 0.29) is 5.41 Å². The number of nitrogens with zero attached hydrogens (tertiary/aromatic N) is 1. The van der Waals surface area contributed by atoms with E-state index < -0.39 is 0 Å². The minimum Gasteiger partial charge on any atom is -0.455 e. The number of furan rings is 1.